The maximum Gasteiger partial charge on any atom is 0.261 e. The Balaban J connectivity index is 1.75. The van der Waals surface area contributed by atoms with Crippen molar-refractivity contribution in [1.82, 2.24) is 10.2 Å². The van der Waals surface area contributed by atoms with Crippen LogP contribution in [0.4, 0.5) is 0 Å². The fourth-order valence-electron chi connectivity index (χ4n) is 4.03. The lowest BCUT2D eigenvalue weighted by Gasteiger charge is -2.30. The van der Waals surface area contributed by atoms with E-state index in [9.17, 15) is 9.59 Å². The predicted molar refractivity (Wildman–Crippen MR) is 125 cm³/mol. The van der Waals surface area contributed by atoms with Crippen LogP contribution in [-0.4, -0.2) is 42.5 Å². The lowest BCUT2D eigenvalue weighted by Crippen LogP contribution is -2.50. The summed E-state index contributed by atoms with van der Waals surface area (Å²) in [4.78, 5) is 27.8. The molecule has 1 saturated carbocycles. The number of nitrogens with one attached hydrogen (secondary N) is 1. The lowest BCUT2D eigenvalue weighted by atomic mass is 10.1. The molecule has 1 aliphatic rings. The number of aryl methyl sites for hydroxylation is 2. The molecule has 0 heterocycles. The van der Waals surface area contributed by atoms with Gasteiger partial charge < -0.3 is 19.7 Å². The van der Waals surface area contributed by atoms with Gasteiger partial charge in [0, 0.05) is 12.6 Å². The molecule has 0 radical (unpaired) electrons. The molecule has 2 aromatic carbocycles. The van der Waals surface area contributed by atoms with Crippen molar-refractivity contribution in [2.75, 3.05) is 13.7 Å². The molecule has 1 atom stereocenters. The number of benzene rings is 2. The van der Waals surface area contributed by atoms with Gasteiger partial charge in [0.2, 0.25) is 5.91 Å². The standard InChI is InChI=1S/C26H34N2O4/c1-18-12-13-19(2)24(14-18)32-17-25(29)28(16-21-8-7-11-23(15-21)31-4)20(3)26(30)27-22-9-5-6-10-22/h7-8,11-15,20,22H,5-6,9-10,16-17H2,1-4H3,(H,27,30)/t20-/m1/s1. The van der Waals surface area contributed by atoms with Crippen LogP contribution in [0, 0.1) is 13.8 Å². The van der Waals surface area contributed by atoms with Crippen LogP contribution in [0.3, 0.4) is 0 Å². The average molecular weight is 439 g/mol. The van der Waals surface area contributed by atoms with E-state index in [0.29, 0.717) is 18.0 Å². The summed E-state index contributed by atoms with van der Waals surface area (Å²) in [7, 11) is 1.61. The van der Waals surface area contributed by atoms with Gasteiger partial charge in [-0.15, -0.1) is 0 Å². The molecule has 6 heteroatoms. The number of hydrogen-bond donors (Lipinski definition) is 1. The lowest BCUT2D eigenvalue weighted by molar-refractivity contribution is -0.142. The van der Waals surface area contributed by atoms with Crippen molar-refractivity contribution in [2.45, 2.75) is 65.1 Å². The Morgan fingerprint density at radius 3 is 2.59 bits per heavy atom. The van der Waals surface area contributed by atoms with Crippen LogP contribution in [-0.2, 0) is 16.1 Å². The highest BCUT2D eigenvalue weighted by atomic mass is 16.5. The van der Waals surface area contributed by atoms with Crippen LogP contribution >= 0.6 is 0 Å². The molecule has 0 bridgehead atoms. The summed E-state index contributed by atoms with van der Waals surface area (Å²) in [5, 5.41) is 3.11. The minimum absolute atomic E-state index is 0.125. The van der Waals surface area contributed by atoms with Crippen LogP contribution in [0.25, 0.3) is 0 Å². The quantitative estimate of drug-likeness (QED) is 0.638. The number of nitrogens with zero attached hydrogens (tertiary/aromatic N) is 1. The van der Waals surface area contributed by atoms with Crippen LogP contribution in [0.5, 0.6) is 11.5 Å². The zero-order valence-corrected chi connectivity index (χ0v) is 19.5. The Labute approximate surface area is 190 Å². The average Bonchev–Trinajstić information content (AvgIpc) is 3.30. The molecule has 0 spiro atoms. The van der Waals surface area contributed by atoms with Crippen molar-refractivity contribution in [3.8, 4) is 11.5 Å². The molecule has 0 saturated heterocycles. The largest absolute Gasteiger partial charge is 0.497 e. The van der Waals surface area contributed by atoms with Crippen molar-refractivity contribution in [3.05, 3.63) is 59.2 Å². The molecule has 1 N–H and O–H groups in total. The normalized spacial score (nSPS) is 14.6. The van der Waals surface area contributed by atoms with E-state index in [1.807, 2.05) is 56.3 Å². The van der Waals surface area contributed by atoms with E-state index in [1.165, 1.54) is 0 Å². The molecule has 3 rings (SSSR count). The third-order valence-electron chi connectivity index (χ3n) is 6.05. The topological polar surface area (TPSA) is 67.9 Å². The number of ether oxygens (including phenoxy) is 2. The number of amides is 2. The molecule has 1 aliphatic carbocycles. The van der Waals surface area contributed by atoms with Gasteiger partial charge >= 0.3 is 0 Å². The molecule has 2 amide bonds. The SMILES string of the molecule is COc1cccc(CN(C(=O)COc2cc(C)ccc2C)[C@H](C)C(=O)NC2CCCC2)c1. The fraction of sp³-hybridized carbons (Fsp3) is 0.462. The van der Waals surface area contributed by atoms with Crippen molar-refractivity contribution in [2.24, 2.45) is 0 Å². The Kier molecular flexibility index (Phi) is 8.14. The Hall–Kier alpha value is -3.02. The van der Waals surface area contributed by atoms with Gasteiger partial charge in [0.1, 0.15) is 17.5 Å². The first-order valence-electron chi connectivity index (χ1n) is 11.3. The Morgan fingerprint density at radius 1 is 1.12 bits per heavy atom. The van der Waals surface area contributed by atoms with Crippen LogP contribution in [0.1, 0.15) is 49.3 Å². The van der Waals surface area contributed by atoms with Gasteiger partial charge in [-0.2, -0.15) is 0 Å². The van der Waals surface area contributed by atoms with Crippen molar-refractivity contribution in [3.63, 3.8) is 0 Å². The zero-order valence-electron chi connectivity index (χ0n) is 19.5. The third-order valence-corrected chi connectivity index (χ3v) is 6.05. The van der Waals surface area contributed by atoms with Crippen LogP contribution in [0.2, 0.25) is 0 Å². The minimum atomic E-state index is -0.614. The summed E-state index contributed by atoms with van der Waals surface area (Å²) in [5.74, 6) is 1.04. The molecule has 32 heavy (non-hydrogen) atoms. The molecular formula is C26H34N2O4. The Bertz CT molecular complexity index is 937. The molecular weight excluding hydrogens is 404 g/mol. The Morgan fingerprint density at radius 2 is 1.88 bits per heavy atom. The molecule has 2 aromatic rings. The van der Waals surface area contributed by atoms with Crippen LogP contribution in [0.15, 0.2) is 42.5 Å². The first-order valence-corrected chi connectivity index (χ1v) is 11.3. The highest BCUT2D eigenvalue weighted by molar-refractivity contribution is 5.88. The molecule has 0 aromatic heterocycles. The van der Waals surface area contributed by atoms with Crippen molar-refractivity contribution >= 4 is 11.8 Å². The number of rotatable bonds is 9. The van der Waals surface area contributed by atoms with Gasteiger partial charge in [-0.05, 0) is 68.5 Å². The second kappa shape index (κ2) is 11.0. The maximum atomic E-state index is 13.2. The van der Waals surface area contributed by atoms with E-state index in [1.54, 1.807) is 18.9 Å². The van der Waals surface area contributed by atoms with E-state index in [-0.39, 0.29) is 24.5 Å². The van der Waals surface area contributed by atoms with Gasteiger partial charge in [-0.1, -0.05) is 37.1 Å². The van der Waals surface area contributed by atoms with E-state index in [4.69, 9.17) is 9.47 Å². The second-order valence-corrected chi connectivity index (χ2v) is 8.60. The smallest absolute Gasteiger partial charge is 0.261 e. The summed E-state index contributed by atoms with van der Waals surface area (Å²) in [6, 6.07) is 13.0. The number of hydrogen-bond acceptors (Lipinski definition) is 4. The van der Waals surface area contributed by atoms with Gasteiger partial charge in [-0.25, -0.2) is 0 Å². The highest BCUT2D eigenvalue weighted by Gasteiger charge is 2.29. The van der Waals surface area contributed by atoms with Crippen molar-refractivity contribution < 1.29 is 19.1 Å². The fourth-order valence-corrected chi connectivity index (χ4v) is 4.03. The first-order chi connectivity index (χ1) is 15.4. The summed E-state index contributed by atoms with van der Waals surface area (Å²) in [5.41, 5.74) is 2.93. The van der Waals surface area contributed by atoms with Gasteiger partial charge in [0.05, 0.1) is 7.11 Å². The van der Waals surface area contributed by atoms with E-state index in [2.05, 4.69) is 5.32 Å². The second-order valence-electron chi connectivity index (χ2n) is 8.60. The van der Waals surface area contributed by atoms with E-state index >= 15 is 0 Å². The maximum absolute atomic E-state index is 13.2. The van der Waals surface area contributed by atoms with E-state index in [0.717, 1.165) is 42.4 Å². The molecule has 6 nitrogen and oxygen atoms in total. The monoisotopic (exact) mass is 438 g/mol. The third kappa shape index (κ3) is 6.25. The summed E-state index contributed by atoms with van der Waals surface area (Å²) in [6.07, 6.45) is 4.26. The summed E-state index contributed by atoms with van der Waals surface area (Å²) < 4.78 is 11.2. The van der Waals surface area contributed by atoms with Gasteiger partial charge in [-0.3, -0.25) is 9.59 Å². The van der Waals surface area contributed by atoms with E-state index < -0.39 is 6.04 Å². The van der Waals surface area contributed by atoms with Crippen LogP contribution < -0.4 is 14.8 Å². The highest BCUT2D eigenvalue weighted by Crippen LogP contribution is 2.21. The number of methoxy groups -OCH3 is 1. The zero-order chi connectivity index (χ0) is 23.1. The first kappa shape index (κ1) is 23.6. The summed E-state index contributed by atoms with van der Waals surface area (Å²) in [6.45, 7) is 5.88. The molecule has 172 valence electrons. The van der Waals surface area contributed by atoms with Gasteiger partial charge in [0.15, 0.2) is 6.61 Å². The minimum Gasteiger partial charge on any atom is -0.497 e. The van der Waals surface area contributed by atoms with Gasteiger partial charge in [0.25, 0.3) is 5.91 Å². The summed E-state index contributed by atoms with van der Waals surface area (Å²) >= 11 is 0. The molecule has 0 unspecified atom stereocenters. The predicted octanol–water partition coefficient (Wildman–Crippen LogP) is 4.17. The number of carbonyl (C=O) groups is 2. The molecule has 1 fully saturated rings. The molecule has 0 aliphatic heterocycles. The number of carbonyl (C=O) groups excluding carboxylic acids is 2. The van der Waals surface area contributed by atoms with Crippen molar-refractivity contribution in [1.29, 1.82) is 0 Å².